The molecule has 5 aromatic rings. The van der Waals surface area contributed by atoms with Gasteiger partial charge < -0.3 is 19.9 Å². The lowest BCUT2D eigenvalue weighted by molar-refractivity contribution is -0.189. The molecule has 5 rings (SSSR count). The van der Waals surface area contributed by atoms with Crippen molar-refractivity contribution in [3.05, 3.63) is 99.6 Å². The molecule has 14 heteroatoms. The number of anilines is 1. The van der Waals surface area contributed by atoms with E-state index in [1.54, 1.807) is 6.92 Å². The van der Waals surface area contributed by atoms with Gasteiger partial charge in [0.1, 0.15) is 17.4 Å². The van der Waals surface area contributed by atoms with Crippen LogP contribution in [-0.2, 0) is 24.5 Å². The first-order valence-corrected chi connectivity index (χ1v) is 13.7. The second-order valence-electron chi connectivity index (χ2n) is 9.67. The lowest BCUT2D eigenvalue weighted by atomic mass is 10.1. The second-order valence-corrected chi connectivity index (χ2v) is 10.1. The molecule has 0 aliphatic carbocycles. The van der Waals surface area contributed by atoms with Gasteiger partial charge in [-0.2, -0.15) is 17.9 Å². The van der Waals surface area contributed by atoms with E-state index < -0.39 is 29.5 Å². The molecule has 2 N–H and O–H groups in total. The van der Waals surface area contributed by atoms with Gasteiger partial charge >= 0.3 is 11.9 Å². The van der Waals surface area contributed by atoms with Crippen LogP contribution in [0.15, 0.2) is 71.7 Å². The Balaban J connectivity index is 1.59. The van der Waals surface area contributed by atoms with Gasteiger partial charge in [0.2, 0.25) is 5.88 Å². The van der Waals surface area contributed by atoms with Gasteiger partial charge in [-0.1, -0.05) is 41.9 Å². The van der Waals surface area contributed by atoms with E-state index in [1.165, 1.54) is 35.0 Å². The van der Waals surface area contributed by atoms with E-state index in [0.29, 0.717) is 5.82 Å². The van der Waals surface area contributed by atoms with Crippen LogP contribution in [0.1, 0.15) is 25.2 Å². The minimum atomic E-state index is -4.74. The molecular weight excluding hydrogens is 606 g/mol. The van der Waals surface area contributed by atoms with E-state index in [0.717, 1.165) is 23.2 Å². The number of hydrogen-bond donors (Lipinski definition) is 1. The predicted molar refractivity (Wildman–Crippen MR) is 156 cm³/mol. The zero-order valence-electron chi connectivity index (χ0n) is 23.4. The monoisotopic (exact) mass is 631 g/mol. The second kappa shape index (κ2) is 12.5. The van der Waals surface area contributed by atoms with Gasteiger partial charge in [-0.3, -0.25) is 4.57 Å². The summed E-state index contributed by atoms with van der Waals surface area (Å²) in [5, 5.41) is 4.41. The van der Waals surface area contributed by atoms with E-state index in [1.807, 2.05) is 30.3 Å². The highest BCUT2D eigenvalue weighted by Gasteiger charge is 2.38. The Labute approximate surface area is 253 Å². The van der Waals surface area contributed by atoms with Crippen molar-refractivity contribution in [3.63, 3.8) is 0 Å². The number of alkyl halides is 3. The van der Waals surface area contributed by atoms with Crippen LogP contribution in [0.4, 0.5) is 23.2 Å². The Morgan fingerprint density at radius 1 is 1.07 bits per heavy atom. The zero-order chi connectivity index (χ0) is 31.6. The molecule has 2 heterocycles. The highest BCUT2D eigenvalue weighted by atomic mass is 35.5. The number of nitrogens with two attached hydrogens (primary N) is 1. The third-order valence-electron chi connectivity index (χ3n) is 6.66. The lowest BCUT2D eigenvalue weighted by Crippen LogP contribution is -2.31. The summed E-state index contributed by atoms with van der Waals surface area (Å²) in [5.74, 6) is -1.67. The summed E-state index contributed by atoms with van der Waals surface area (Å²) in [6.07, 6.45) is -5.71. The molecule has 0 saturated heterocycles. The van der Waals surface area contributed by atoms with Crippen molar-refractivity contribution in [3.8, 4) is 23.1 Å². The fraction of sp³-hybridized carbons (Fsp3) is 0.233. The molecule has 9 nitrogen and oxygen atoms in total. The van der Waals surface area contributed by atoms with Crippen LogP contribution in [0.2, 0.25) is 5.02 Å². The normalized spacial score (nSPS) is 12.4. The molecule has 2 aromatic heterocycles. The number of halogens is 5. The van der Waals surface area contributed by atoms with E-state index in [2.05, 4.69) is 10.1 Å². The molecule has 0 fully saturated rings. The maximum absolute atomic E-state index is 14.6. The van der Waals surface area contributed by atoms with E-state index in [4.69, 9.17) is 31.5 Å². The van der Waals surface area contributed by atoms with Crippen molar-refractivity contribution in [2.45, 2.75) is 45.9 Å². The molecule has 0 saturated carbocycles. The summed E-state index contributed by atoms with van der Waals surface area (Å²) < 4.78 is 74.8. The quantitative estimate of drug-likeness (QED) is 0.133. The van der Waals surface area contributed by atoms with Gasteiger partial charge in [-0.05, 0) is 49.1 Å². The van der Waals surface area contributed by atoms with Crippen LogP contribution in [-0.4, -0.2) is 31.6 Å². The smallest absolute Gasteiger partial charge is 0.425 e. The number of aromatic nitrogens is 4. The van der Waals surface area contributed by atoms with Gasteiger partial charge in [0.05, 0.1) is 23.4 Å². The fourth-order valence-corrected chi connectivity index (χ4v) is 4.58. The van der Waals surface area contributed by atoms with Crippen molar-refractivity contribution in [2.75, 3.05) is 5.73 Å². The summed E-state index contributed by atoms with van der Waals surface area (Å²) in [6, 6.07) is 15.9. The highest BCUT2D eigenvalue weighted by molar-refractivity contribution is 6.34. The molecule has 0 spiro atoms. The van der Waals surface area contributed by atoms with Crippen molar-refractivity contribution >= 4 is 28.1 Å². The van der Waals surface area contributed by atoms with Crippen LogP contribution < -0.4 is 20.9 Å². The summed E-state index contributed by atoms with van der Waals surface area (Å²) in [4.78, 5) is 17.5. The number of benzene rings is 3. The molecule has 0 radical (unpaired) electrons. The average molecular weight is 632 g/mol. The van der Waals surface area contributed by atoms with Crippen molar-refractivity contribution in [1.82, 2.24) is 19.3 Å². The topological polar surface area (TPSA) is 106 Å². The van der Waals surface area contributed by atoms with Crippen LogP contribution in [0, 0.1) is 5.82 Å². The molecule has 0 amide bonds. The summed E-state index contributed by atoms with van der Waals surface area (Å²) in [5.41, 5.74) is 6.29. The number of hydrogen-bond acceptors (Lipinski definition) is 7. The number of nitrogens with zero attached hydrogens (tertiary/aromatic N) is 4. The molecule has 1 unspecified atom stereocenters. The Bertz CT molecular complexity index is 1860. The molecule has 0 aliphatic heterocycles. The van der Waals surface area contributed by atoms with Crippen LogP contribution >= 0.6 is 11.6 Å². The van der Waals surface area contributed by atoms with Gasteiger partial charge in [0, 0.05) is 18.8 Å². The predicted octanol–water partition coefficient (Wildman–Crippen LogP) is 6.82. The molecule has 1 atom stereocenters. The number of rotatable bonds is 10. The summed E-state index contributed by atoms with van der Waals surface area (Å²) >= 11 is 6.15. The Hall–Kier alpha value is -4.62. The van der Waals surface area contributed by atoms with Gasteiger partial charge in [-0.15, -0.1) is 5.10 Å². The summed E-state index contributed by atoms with van der Waals surface area (Å²) in [7, 11) is 0. The van der Waals surface area contributed by atoms with Crippen LogP contribution in [0.25, 0.3) is 16.5 Å². The Morgan fingerprint density at radius 3 is 2.52 bits per heavy atom. The standard InChI is InChI=1S/C30H26ClF4N5O4/c1-3-39-24(16-42-15-18-7-5-4-6-8-18)38-40(29(39)41)20-13-19-11-12-37-28(44-27-21(32)9-10-22(36)26(27)31)25(19)23(14-20)43-17(2)30(33,34)35/h4-14,17H,3,15-16,36H2,1-2H3. The number of fused-ring (bicyclic) bond motifs is 1. The first kappa shape index (κ1) is 30.8. The molecule has 230 valence electrons. The zero-order valence-corrected chi connectivity index (χ0v) is 24.2. The molecule has 0 aliphatic rings. The molecule has 3 aromatic carbocycles. The van der Waals surface area contributed by atoms with Crippen molar-refractivity contribution in [2.24, 2.45) is 0 Å². The maximum Gasteiger partial charge on any atom is 0.425 e. The van der Waals surface area contributed by atoms with E-state index >= 15 is 0 Å². The summed E-state index contributed by atoms with van der Waals surface area (Å²) in [6.45, 7) is 3.12. The van der Waals surface area contributed by atoms with Gasteiger partial charge in [0.25, 0.3) is 0 Å². The maximum atomic E-state index is 14.6. The van der Waals surface area contributed by atoms with Gasteiger partial charge in [-0.25, -0.2) is 14.2 Å². The Morgan fingerprint density at radius 2 is 1.82 bits per heavy atom. The minimum Gasteiger partial charge on any atom is -0.480 e. The first-order valence-electron chi connectivity index (χ1n) is 13.4. The minimum absolute atomic E-state index is 0.00145. The van der Waals surface area contributed by atoms with E-state index in [-0.39, 0.29) is 58.6 Å². The highest BCUT2D eigenvalue weighted by Crippen LogP contribution is 2.41. The largest absolute Gasteiger partial charge is 0.480 e. The molecule has 44 heavy (non-hydrogen) atoms. The van der Waals surface area contributed by atoms with Crippen LogP contribution in [0.5, 0.6) is 17.4 Å². The van der Waals surface area contributed by atoms with Gasteiger partial charge in [0.15, 0.2) is 23.5 Å². The number of ether oxygens (including phenoxy) is 3. The third kappa shape index (κ3) is 6.33. The number of nitrogen functional groups attached to an aromatic ring is 1. The fourth-order valence-electron chi connectivity index (χ4n) is 4.38. The third-order valence-corrected chi connectivity index (χ3v) is 7.05. The van der Waals surface area contributed by atoms with E-state index in [9.17, 15) is 22.4 Å². The molecule has 0 bridgehead atoms. The lowest BCUT2D eigenvalue weighted by Gasteiger charge is -2.20. The first-order chi connectivity index (χ1) is 21.0. The van der Waals surface area contributed by atoms with Crippen molar-refractivity contribution in [1.29, 1.82) is 0 Å². The van der Waals surface area contributed by atoms with Crippen LogP contribution in [0.3, 0.4) is 0 Å². The molecular formula is C30H26ClF4N5O4. The Kier molecular flexibility index (Phi) is 8.79. The average Bonchev–Trinajstić information content (AvgIpc) is 3.31. The van der Waals surface area contributed by atoms with Crippen molar-refractivity contribution < 1.29 is 31.8 Å². The SMILES string of the molecule is CCn1c(COCc2ccccc2)nn(-c2cc(OC(C)C(F)(F)F)c3c(Oc4c(F)ccc(N)c4Cl)nccc3c2)c1=O. The number of pyridine rings is 1.